The summed E-state index contributed by atoms with van der Waals surface area (Å²) in [6.07, 6.45) is -3.84. The predicted molar refractivity (Wildman–Crippen MR) is 63.8 cm³/mol. The fourth-order valence-electron chi connectivity index (χ4n) is 1.59. The molecule has 0 heterocycles. The van der Waals surface area contributed by atoms with Crippen molar-refractivity contribution in [3.8, 4) is 11.5 Å². The molecule has 0 fully saturated rings. The highest BCUT2D eigenvalue weighted by Gasteiger charge is 2.49. The molecule has 2 nitrogen and oxygen atoms in total. The molecule has 0 saturated heterocycles. The molecule has 0 bridgehead atoms. The van der Waals surface area contributed by atoms with Gasteiger partial charge in [0.15, 0.2) is 11.5 Å². The second kappa shape index (κ2) is 5.86. The summed E-state index contributed by atoms with van der Waals surface area (Å²) >= 11 is 5.50. The van der Waals surface area contributed by atoms with Crippen molar-refractivity contribution in [2.24, 2.45) is 0 Å². The summed E-state index contributed by atoms with van der Waals surface area (Å²) in [5, 5.41) is -2.15. The van der Waals surface area contributed by atoms with E-state index in [0.29, 0.717) is 11.3 Å². The molecule has 0 saturated carbocycles. The van der Waals surface area contributed by atoms with Crippen LogP contribution in [0, 0.1) is 6.92 Å². The van der Waals surface area contributed by atoms with Gasteiger partial charge in [0.25, 0.3) is 0 Å². The lowest BCUT2D eigenvalue weighted by Crippen LogP contribution is -2.32. The van der Waals surface area contributed by atoms with Crippen molar-refractivity contribution in [1.29, 1.82) is 0 Å². The summed E-state index contributed by atoms with van der Waals surface area (Å²) in [6.45, 7) is 1.48. The van der Waals surface area contributed by atoms with E-state index in [-0.39, 0.29) is 11.3 Å². The largest absolute Gasteiger partial charge is 0.493 e. The molecule has 0 aliphatic carbocycles. The first-order valence-corrected chi connectivity index (χ1v) is 5.71. The molecule has 1 rings (SSSR count). The van der Waals surface area contributed by atoms with E-state index in [2.05, 4.69) is 0 Å². The first-order valence-electron chi connectivity index (χ1n) is 5.28. The first-order chi connectivity index (χ1) is 8.75. The maximum absolute atomic E-state index is 13.3. The molecule has 19 heavy (non-hydrogen) atoms. The van der Waals surface area contributed by atoms with Crippen LogP contribution in [0.1, 0.15) is 16.5 Å². The van der Waals surface area contributed by atoms with Gasteiger partial charge in [0.2, 0.25) is 0 Å². The van der Waals surface area contributed by atoms with E-state index in [9.17, 15) is 17.6 Å². The highest BCUT2D eigenvalue weighted by Crippen LogP contribution is 2.44. The average molecular weight is 301 g/mol. The van der Waals surface area contributed by atoms with Gasteiger partial charge in [0.1, 0.15) is 5.38 Å². The number of hydrogen-bond acceptors (Lipinski definition) is 2. The molecule has 1 aromatic carbocycles. The van der Waals surface area contributed by atoms with Crippen molar-refractivity contribution >= 4 is 11.6 Å². The topological polar surface area (TPSA) is 18.5 Å². The van der Waals surface area contributed by atoms with Gasteiger partial charge in [-0.15, -0.1) is 11.6 Å². The lowest BCUT2D eigenvalue weighted by molar-refractivity contribution is -0.130. The quantitative estimate of drug-likeness (QED) is 0.599. The zero-order chi connectivity index (χ0) is 14.8. The van der Waals surface area contributed by atoms with Crippen LogP contribution < -0.4 is 9.47 Å². The van der Waals surface area contributed by atoms with Crippen LogP contribution in [0.15, 0.2) is 12.1 Å². The van der Waals surface area contributed by atoms with Crippen LogP contribution in [0.2, 0.25) is 0 Å². The molecule has 0 spiro atoms. The smallest absolute Gasteiger partial charge is 0.327 e. The van der Waals surface area contributed by atoms with Crippen LogP contribution in [0.4, 0.5) is 17.6 Å². The van der Waals surface area contributed by atoms with E-state index in [1.165, 1.54) is 33.3 Å². The fraction of sp³-hybridized carbons (Fsp3) is 0.500. The highest BCUT2D eigenvalue weighted by atomic mass is 35.5. The lowest BCUT2D eigenvalue weighted by Gasteiger charge is -2.23. The Hall–Kier alpha value is -1.17. The first kappa shape index (κ1) is 15.9. The molecule has 1 atom stereocenters. The Morgan fingerprint density at radius 2 is 1.58 bits per heavy atom. The van der Waals surface area contributed by atoms with Crippen LogP contribution >= 0.6 is 11.6 Å². The number of aryl methyl sites for hydroxylation is 1. The summed E-state index contributed by atoms with van der Waals surface area (Å²) in [6, 6.07) is 2.59. The molecule has 1 aromatic rings. The van der Waals surface area contributed by atoms with E-state index >= 15 is 0 Å². The number of alkyl halides is 5. The molecule has 0 N–H and O–H groups in total. The molecule has 0 amide bonds. The van der Waals surface area contributed by atoms with Gasteiger partial charge < -0.3 is 9.47 Å². The van der Waals surface area contributed by atoms with Crippen molar-refractivity contribution in [1.82, 2.24) is 0 Å². The summed E-state index contributed by atoms with van der Waals surface area (Å²) in [5.41, 5.74) is 0.197. The van der Waals surface area contributed by atoms with Gasteiger partial charge in [-0.3, -0.25) is 0 Å². The minimum atomic E-state index is -4.33. The van der Waals surface area contributed by atoms with Gasteiger partial charge in [-0.25, -0.2) is 8.78 Å². The number of benzene rings is 1. The monoisotopic (exact) mass is 300 g/mol. The van der Waals surface area contributed by atoms with Crippen LogP contribution in [0.3, 0.4) is 0 Å². The average Bonchev–Trinajstić information content (AvgIpc) is 2.37. The van der Waals surface area contributed by atoms with E-state index in [1.54, 1.807) is 0 Å². The van der Waals surface area contributed by atoms with E-state index < -0.39 is 17.7 Å². The van der Waals surface area contributed by atoms with Crippen LogP contribution in [0.25, 0.3) is 0 Å². The molecule has 0 radical (unpaired) electrons. The van der Waals surface area contributed by atoms with Crippen LogP contribution in [0.5, 0.6) is 11.5 Å². The number of hydrogen-bond donors (Lipinski definition) is 0. The van der Waals surface area contributed by atoms with Gasteiger partial charge in [0.05, 0.1) is 14.2 Å². The molecule has 0 aromatic heterocycles. The number of halogens is 5. The van der Waals surface area contributed by atoms with Crippen molar-refractivity contribution < 1.29 is 27.0 Å². The van der Waals surface area contributed by atoms with E-state index in [1.807, 2.05) is 0 Å². The predicted octanol–water partition coefficient (Wildman–Crippen LogP) is 4.19. The Bertz CT molecular complexity index is 452. The Morgan fingerprint density at radius 3 is 2.00 bits per heavy atom. The van der Waals surface area contributed by atoms with Gasteiger partial charge in [-0.1, -0.05) is 0 Å². The second-order valence-electron chi connectivity index (χ2n) is 3.90. The molecule has 0 aliphatic heterocycles. The third kappa shape index (κ3) is 3.05. The summed E-state index contributed by atoms with van der Waals surface area (Å²) < 4.78 is 61.1. The van der Waals surface area contributed by atoms with Crippen molar-refractivity contribution in [3.63, 3.8) is 0 Å². The zero-order valence-electron chi connectivity index (χ0n) is 10.5. The highest BCUT2D eigenvalue weighted by molar-refractivity contribution is 6.21. The third-order valence-electron chi connectivity index (χ3n) is 2.67. The van der Waals surface area contributed by atoms with Gasteiger partial charge in [-0.2, -0.15) is 8.78 Å². The maximum atomic E-state index is 13.3. The van der Waals surface area contributed by atoms with Crippen molar-refractivity contribution in [3.05, 3.63) is 23.3 Å². The van der Waals surface area contributed by atoms with Crippen LogP contribution in [-0.4, -0.2) is 26.6 Å². The normalized spacial score (nSPS) is 13.5. The second-order valence-corrected chi connectivity index (χ2v) is 4.34. The molecule has 0 aliphatic rings. The number of rotatable bonds is 5. The maximum Gasteiger partial charge on any atom is 0.327 e. The Balaban J connectivity index is 3.28. The minimum absolute atomic E-state index is 0.121. The fourth-order valence-corrected chi connectivity index (χ4v) is 1.92. The van der Waals surface area contributed by atoms with Crippen molar-refractivity contribution in [2.45, 2.75) is 24.6 Å². The molecule has 108 valence electrons. The zero-order valence-corrected chi connectivity index (χ0v) is 11.3. The van der Waals surface area contributed by atoms with Crippen molar-refractivity contribution in [2.75, 3.05) is 14.2 Å². The SMILES string of the molecule is COc1cc(C)c(C(Cl)C(F)(F)C(F)F)cc1OC. The van der Waals surface area contributed by atoms with E-state index in [0.717, 1.165) is 0 Å². The minimum Gasteiger partial charge on any atom is -0.493 e. The van der Waals surface area contributed by atoms with Gasteiger partial charge >= 0.3 is 12.3 Å². The van der Waals surface area contributed by atoms with Gasteiger partial charge in [-0.05, 0) is 30.2 Å². The molecule has 1 unspecified atom stereocenters. The standard InChI is InChI=1S/C12H13ClF4O2/c1-6-4-8(18-2)9(19-3)5-7(6)10(13)12(16,17)11(14)15/h4-5,10-11H,1-3H3. The Kier molecular flexibility index (Phi) is 4.90. The Morgan fingerprint density at radius 1 is 1.11 bits per heavy atom. The summed E-state index contributed by atoms with van der Waals surface area (Å²) in [4.78, 5) is 0. The number of ether oxygens (including phenoxy) is 2. The summed E-state index contributed by atoms with van der Waals surface area (Å²) in [5.74, 6) is -3.86. The third-order valence-corrected chi connectivity index (χ3v) is 3.20. The Labute approximate surface area is 113 Å². The van der Waals surface area contributed by atoms with E-state index in [4.69, 9.17) is 21.1 Å². The lowest BCUT2D eigenvalue weighted by atomic mass is 10.0. The summed E-state index contributed by atoms with van der Waals surface area (Å²) in [7, 11) is 2.69. The molecule has 7 heteroatoms. The van der Waals surface area contributed by atoms with Crippen LogP contribution in [-0.2, 0) is 0 Å². The van der Waals surface area contributed by atoms with Gasteiger partial charge in [0, 0.05) is 0 Å². The number of methoxy groups -OCH3 is 2. The molecular weight excluding hydrogens is 288 g/mol. The molecular formula is C12H13ClF4O2.